The third kappa shape index (κ3) is 2.75. The highest BCUT2D eigenvalue weighted by Crippen LogP contribution is 2.32. The van der Waals surface area contributed by atoms with Gasteiger partial charge < -0.3 is 4.90 Å². The quantitative estimate of drug-likeness (QED) is 0.835. The second-order valence-corrected chi connectivity index (χ2v) is 5.63. The fourth-order valence-electron chi connectivity index (χ4n) is 3.17. The number of rotatable bonds is 2. The van der Waals surface area contributed by atoms with Gasteiger partial charge in [-0.15, -0.1) is 5.10 Å². The van der Waals surface area contributed by atoms with Gasteiger partial charge in [-0.3, -0.25) is 4.79 Å². The minimum Gasteiger partial charge on any atom is -0.329 e. The van der Waals surface area contributed by atoms with Gasteiger partial charge in [0.25, 0.3) is 0 Å². The van der Waals surface area contributed by atoms with E-state index in [-0.39, 0.29) is 19.5 Å². The molecule has 1 fully saturated rings. The molecule has 1 aromatic heterocycles. The number of fused-ring (bicyclic) bond motifs is 1. The molecule has 116 valence electrons. The Hall–Kier alpha value is -1.60. The number of carbonyl (C=O) groups excluding carboxylic acids is 1. The van der Waals surface area contributed by atoms with Gasteiger partial charge in [-0.1, -0.05) is 5.21 Å². The van der Waals surface area contributed by atoms with Gasteiger partial charge in [0.2, 0.25) is 5.91 Å². The van der Waals surface area contributed by atoms with Gasteiger partial charge >= 0.3 is 6.18 Å². The number of hydrogen-bond acceptors (Lipinski definition) is 3. The van der Waals surface area contributed by atoms with E-state index in [0.717, 1.165) is 42.0 Å². The molecule has 1 aliphatic heterocycles. The maximum Gasteiger partial charge on any atom is 0.408 e. The Kier molecular flexibility index (Phi) is 3.62. The Morgan fingerprint density at radius 3 is 2.76 bits per heavy atom. The molecule has 1 atom stereocenters. The molecule has 2 aliphatic rings. The number of alkyl halides is 3. The van der Waals surface area contributed by atoms with Crippen LogP contribution < -0.4 is 0 Å². The van der Waals surface area contributed by atoms with Crippen molar-refractivity contribution in [1.82, 2.24) is 19.9 Å². The van der Waals surface area contributed by atoms with Gasteiger partial charge in [-0.25, -0.2) is 4.68 Å². The molecule has 0 bridgehead atoms. The molecule has 0 N–H and O–H groups in total. The van der Waals surface area contributed by atoms with Crippen molar-refractivity contribution in [2.24, 2.45) is 0 Å². The van der Waals surface area contributed by atoms with Crippen molar-refractivity contribution in [3.05, 3.63) is 11.4 Å². The Labute approximate surface area is 120 Å². The highest BCUT2D eigenvalue weighted by Gasteiger charge is 2.47. The highest BCUT2D eigenvalue weighted by molar-refractivity contribution is 5.76. The molecule has 21 heavy (non-hydrogen) atoms. The van der Waals surface area contributed by atoms with Crippen molar-refractivity contribution in [3.8, 4) is 0 Å². The fraction of sp³-hybridized carbons (Fsp3) is 0.769. The maximum atomic E-state index is 12.9. The molecule has 0 saturated carbocycles. The number of aromatic nitrogens is 3. The molecule has 1 saturated heterocycles. The molecule has 5 nitrogen and oxygen atoms in total. The van der Waals surface area contributed by atoms with Crippen LogP contribution in [0.3, 0.4) is 0 Å². The number of carbonyl (C=O) groups is 1. The van der Waals surface area contributed by atoms with Gasteiger partial charge in [-0.2, -0.15) is 13.2 Å². The molecule has 0 aromatic carbocycles. The summed E-state index contributed by atoms with van der Waals surface area (Å²) in [6.45, 7) is 0.0226. The lowest BCUT2D eigenvalue weighted by Crippen LogP contribution is -2.46. The van der Waals surface area contributed by atoms with Crippen molar-refractivity contribution in [2.75, 3.05) is 6.54 Å². The van der Waals surface area contributed by atoms with Gasteiger partial charge in [0.1, 0.15) is 12.6 Å². The monoisotopic (exact) mass is 302 g/mol. The Morgan fingerprint density at radius 1 is 1.24 bits per heavy atom. The molecule has 8 heteroatoms. The highest BCUT2D eigenvalue weighted by atomic mass is 19.4. The first-order valence-corrected chi connectivity index (χ1v) is 7.24. The number of hydrogen-bond donors (Lipinski definition) is 0. The van der Waals surface area contributed by atoms with Gasteiger partial charge in [0, 0.05) is 6.54 Å². The number of nitrogens with zero attached hydrogens (tertiary/aromatic N) is 4. The van der Waals surface area contributed by atoms with Crippen LogP contribution in [0.2, 0.25) is 0 Å². The van der Waals surface area contributed by atoms with E-state index in [0.29, 0.717) is 6.42 Å². The summed E-state index contributed by atoms with van der Waals surface area (Å²) < 4.78 is 40.2. The van der Waals surface area contributed by atoms with E-state index in [1.807, 2.05) is 0 Å². The second kappa shape index (κ2) is 5.31. The summed E-state index contributed by atoms with van der Waals surface area (Å²) in [7, 11) is 0. The minimum atomic E-state index is -4.35. The van der Waals surface area contributed by atoms with Gasteiger partial charge in [0.05, 0.1) is 11.4 Å². The molecule has 1 aliphatic carbocycles. The molecule has 0 radical (unpaired) electrons. The summed E-state index contributed by atoms with van der Waals surface area (Å²) in [6, 6.07) is -1.65. The van der Waals surface area contributed by atoms with Crippen LogP contribution >= 0.6 is 0 Å². The van der Waals surface area contributed by atoms with E-state index in [2.05, 4.69) is 10.3 Å². The van der Waals surface area contributed by atoms with Crippen LogP contribution in [-0.4, -0.2) is 44.6 Å². The van der Waals surface area contributed by atoms with Crippen LogP contribution in [0, 0.1) is 0 Å². The van der Waals surface area contributed by atoms with Crippen molar-refractivity contribution in [3.63, 3.8) is 0 Å². The molecule has 2 heterocycles. The lowest BCUT2D eigenvalue weighted by Gasteiger charge is -2.26. The van der Waals surface area contributed by atoms with E-state index in [4.69, 9.17) is 0 Å². The van der Waals surface area contributed by atoms with Gasteiger partial charge in [-0.05, 0) is 38.5 Å². The lowest BCUT2D eigenvalue weighted by molar-refractivity contribution is -0.183. The summed E-state index contributed by atoms with van der Waals surface area (Å²) in [5.74, 6) is -0.520. The predicted octanol–water partition coefficient (Wildman–Crippen LogP) is 1.71. The zero-order chi connectivity index (χ0) is 15.0. The van der Waals surface area contributed by atoms with Crippen LogP contribution in [-0.2, 0) is 24.2 Å². The number of aryl methyl sites for hydroxylation is 1. The summed E-state index contributed by atoms with van der Waals surface area (Å²) in [6.07, 6.45) is -0.299. The minimum absolute atomic E-state index is 0.00922. The first kappa shape index (κ1) is 14.3. The van der Waals surface area contributed by atoms with E-state index in [1.165, 1.54) is 4.68 Å². The second-order valence-electron chi connectivity index (χ2n) is 5.63. The standard InChI is InChI=1S/C13H17F3N4O/c14-13(15,16)11-6-3-7-19(11)12(21)8-20-10-5-2-1-4-9(10)17-18-20/h11H,1-8H2/t11-/m0/s1. The van der Waals surface area contributed by atoms with Crippen LogP contribution in [0.15, 0.2) is 0 Å². The maximum absolute atomic E-state index is 12.9. The Morgan fingerprint density at radius 2 is 2.00 bits per heavy atom. The summed E-state index contributed by atoms with van der Waals surface area (Å²) in [4.78, 5) is 13.1. The lowest BCUT2D eigenvalue weighted by atomic mass is 10.0. The van der Waals surface area contributed by atoms with Crippen molar-refractivity contribution in [2.45, 2.75) is 57.3 Å². The van der Waals surface area contributed by atoms with E-state index < -0.39 is 18.1 Å². The molecular weight excluding hydrogens is 285 g/mol. The Balaban J connectivity index is 1.73. The van der Waals surface area contributed by atoms with Crippen molar-refractivity contribution >= 4 is 5.91 Å². The van der Waals surface area contributed by atoms with E-state index >= 15 is 0 Å². The Bertz CT molecular complexity index is 540. The molecule has 1 amide bonds. The smallest absolute Gasteiger partial charge is 0.329 e. The topological polar surface area (TPSA) is 51.0 Å². The largest absolute Gasteiger partial charge is 0.408 e. The summed E-state index contributed by atoms with van der Waals surface area (Å²) >= 11 is 0. The molecule has 0 unspecified atom stereocenters. The van der Waals surface area contributed by atoms with Crippen LogP contribution in [0.1, 0.15) is 37.1 Å². The predicted molar refractivity (Wildman–Crippen MR) is 67.5 cm³/mol. The van der Waals surface area contributed by atoms with Crippen LogP contribution in [0.4, 0.5) is 13.2 Å². The van der Waals surface area contributed by atoms with Crippen molar-refractivity contribution < 1.29 is 18.0 Å². The third-order valence-electron chi connectivity index (χ3n) is 4.23. The van der Waals surface area contributed by atoms with Crippen LogP contribution in [0.5, 0.6) is 0 Å². The normalized spacial score (nSPS) is 22.4. The zero-order valence-electron chi connectivity index (χ0n) is 11.6. The van der Waals surface area contributed by atoms with Gasteiger partial charge in [0.15, 0.2) is 0 Å². The third-order valence-corrected chi connectivity index (χ3v) is 4.23. The molecule has 0 spiro atoms. The molecule has 3 rings (SSSR count). The van der Waals surface area contributed by atoms with E-state index in [9.17, 15) is 18.0 Å². The number of likely N-dealkylation sites (tertiary alicyclic amines) is 1. The summed E-state index contributed by atoms with van der Waals surface area (Å²) in [5, 5.41) is 7.96. The zero-order valence-corrected chi connectivity index (χ0v) is 11.6. The molecule has 1 aromatic rings. The van der Waals surface area contributed by atoms with E-state index in [1.54, 1.807) is 0 Å². The SMILES string of the molecule is O=C(Cn1nnc2c1CCCC2)N1CCC[C@H]1C(F)(F)F. The average molecular weight is 302 g/mol. The number of amides is 1. The van der Waals surface area contributed by atoms with Crippen LogP contribution in [0.25, 0.3) is 0 Å². The van der Waals surface area contributed by atoms with Crippen molar-refractivity contribution in [1.29, 1.82) is 0 Å². The molecular formula is C13H17F3N4O. The summed E-state index contributed by atoms with van der Waals surface area (Å²) in [5.41, 5.74) is 1.78. The number of halogens is 3. The first-order valence-electron chi connectivity index (χ1n) is 7.24. The average Bonchev–Trinajstić information content (AvgIpc) is 3.05. The fourth-order valence-corrected chi connectivity index (χ4v) is 3.17. The first-order chi connectivity index (χ1) is 9.97.